The third kappa shape index (κ3) is 35.2. The second-order valence-corrected chi connectivity index (χ2v) is 38.9. The first-order valence-corrected chi connectivity index (χ1v) is 49.3. The average Bonchev–Trinajstić information content (AvgIpc) is 0.773. The van der Waals surface area contributed by atoms with Crippen molar-refractivity contribution in [1.82, 2.24) is 35.1 Å². The van der Waals surface area contributed by atoms with Gasteiger partial charge in [0, 0.05) is 86.7 Å². The number of benzene rings is 10. The lowest BCUT2D eigenvalue weighted by atomic mass is 9.93. The van der Waals surface area contributed by atoms with Crippen LogP contribution < -0.4 is 4.74 Å². The Morgan fingerprint density at radius 1 is 0.281 bits per heavy atom. The fraction of sp³-hybridized carbons (Fsp3) is 0.320. The molecule has 0 aliphatic carbocycles. The maximum atomic E-state index is 14.4. The van der Waals surface area contributed by atoms with Gasteiger partial charge < -0.3 is 4.74 Å². The van der Waals surface area contributed by atoms with Gasteiger partial charge in [0.25, 0.3) is 0 Å². The van der Waals surface area contributed by atoms with Crippen LogP contribution in [-0.2, 0) is 6.18 Å². The lowest BCUT2D eigenvalue weighted by Crippen LogP contribution is -2.09. The van der Waals surface area contributed by atoms with Crippen molar-refractivity contribution in [3.05, 3.63) is 425 Å². The number of nitrogens with zero attached hydrogens (tertiary/aromatic N) is 7. The Bertz CT molecular complexity index is 6550. The van der Waals surface area contributed by atoms with Crippen LogP contribution >= 0.6 is 15.9 Å². The highest BCUT2D eigenvalue weighted by Crippen LogP contribution is 2.40. The van der Waals surface area contributed by atoms with E-state index in [-0.39, 0.29) is 92.8 Å². The van der Waals surface area contributed by atoms with Crippen molar-refractivity contribution < 1.29 is 70.6 Å². The number of methoxy groups -OCH3 is 1. The van der Waals surface area contributed by atoms with Gasteiger partial charge in [-0.05, 0) is 269 Å². The van der Waals surface area contributed by atoms with Crippen LogP contribution in [0.2, 0.25) is 0 Å². The summed E-state index contributed by atoms with van der Waals surface area (Å²) in [5.41, 5.74) is 15.4. The number of hydrogen-bond acceptors (Lipinski definition) is 8. The van der Waals surface area contributed by atoms with Crippen LogP contribution in [0, 0.1) is 118 Å². The molecule has 146 heavy (non-hydrogen) atoms. The van der Waals surface area contributed by atoms with Crippen molar-refractivity contribution in [2.24, 2.45) is 0 Å². The summed E-state index contributed by atoms with van der Waals surface area (Å²) in [6.45, 7) is 52.1. The fourth-order valence-electron chi connectivity index (χ4n) is 15.0. The van der Waals surface area contributed by atoms with E-state index >= 15 is 0 Å². The minimum absolute atomic E-state index is 0.00349. The minimum atomic E-state index is -4.34. The van der Waals surface area contributed by atoms with Crippen molar-refractivity contribution >= 4 is 15.9 Å². The number of alkyl halides is 3. The zero-order chi connectivity index (χ0) is 109. The van der Waals surface area contributed by atoms with Gasteiger partial charge in [0.15, 0.2) is 11.6 Å². The topological polar surface area (TPSA) is 99.5 Å². The first-order valence-electron chi connectivity index (χ1n) is 48.5. The van der Waals surface area contributed by atoms with Gasteiger partial charge in [-0.15, -0.1) is 0 Å². The zero-order valence-electron chi connectivity index (χ0n) is 88.5. The number of hydrogen-bond donors (Lipinski definition) is 0. The third-order valence-electron chi connectivity index (χ3n) is 23.2. The molecule has 0 bridgehead atoms. The Morgan fingerprint density at radius 2 is 0.664 bits per heavy atom. The molecule has 5 aromatic heterocycles. The molecule has 0 N–H and O–H groups in total. The molecule has 10 aromatic carbocycles. The van der Waals surface area contributed by atoms with Gasteiger partial charge in [0.1, 0.15) is 74.3 Å². The maximum absolute atomic E-state index is 14.4. The summed E-state index contributed by atoms with van der Waals surface area (Å²) in [6, 6.07) is 63.0. The minimum Gasteiger partial charge on any atom is -0.494 e. The van der Waals surface area contributed by atoms with Gasteiger partial charge in [-0.3, -0.25) is 15.0 Å². The molecule has 0 amide bonds. The molecule has 0 atom stereocenters. The monoisotopic (exact) mass is 2080 g/mol. The maximum Gasteiger partial charge on any atom is 0.433 e. The molecule has 0 unspecified atom stereocenters. The molecule has 0 fully saturated rings. The molecule has 15 aromatic rings. The molecule has 8 nitrogen and oxygen atoms in total. The highest BCUT2D eigenvalue weighted by Gasteiger charge is 2.33. The Kier molecular flexibility index (Phi) is 48.2. The van der Waals surface area contributed by atoms with E-state index in [0.29, 0.717) is 85.3 Å². The van der Waals surface area contributed by atoms with E-state index in [2.05, 4.69) is 105 Å². The molecular formula is C122H135BrF15N7O. The molecule has 776 valence electrons. The summed E-state index contributed by atoms with van der Waals surface area (Å²) in [6.07, 6.45) is 0.866. The van der Waals surface area contributed by atoms with Crippen molar-refractivity contribution in [3.8, 4) is 61.5 Å². The van der Waals surface area contributed by atoms with Gasteiger partial charge in [-0.2, -0.15) is 23.4 Å². The van der Waals surface area contributed by atoms with E-state index in [1.165, 1.54) is 50.1 Å². The molecule has 0 aliphatic rings. The summed E-state index contributed by atoms with van der Waals surface area (Å²) in [5.74, 6) is -4.10. The molecule has 0 saturated carbocycles. The summed E-state index contributed by atoms with van der Waals surface area (Å²) < 4.78 is 209. The zero-order valence-corrected chi connectivity index (χ0v) is 90.1. The smallest absolute Gasteiger partial charge is 0.433 e. The Morgan fingerprint density at radius 3 is 1.09 bits per heavy atom. The molecule has 0 spiro atoms. The second kappa shape index (κ2) is 57.8. The van der Waals surface area contributed by atoms with Gasteiger partial charge in [0.2, 0.25) is 0 Å². The fourth-order valence-corrected chi connectivity index (χ4v) is 15.3. The number of aryl methyl sites for hydroxylation is 7. The molecule has 0 radical (unpaired) electrons. The van der Waals surface area contributed by atoms with Crippen LogP contribution in [0.15, 0.2) is 254 Å². The largest absolute Gasteiger partial charge is 0.494 e. The van der Waals surface area contributed by atoms with Gasteiger partial charge in [0.05, 0.1) is 35.4 Å². The standard InChI is InChI=1S/C16H14F4.C16H15F3.C16H16F2.C16H17F.C15H16FN.C10H13FO.C9H10F3N.C9H13N.C8H11BrN2.C7H10N2/c1-8(2)11-4-5-12(18)15(16(11)20)14-9(3)6-10(17)7-13(14)19;1-9(2)12-5-4-6-13(16(12)19)15-10(3)7-11(17)8-14(15)18;1-10(2)12-7-5-8-13(16(12)18)15-11(3)6-4-9-14(15)17;1-11(2)13-9-6-10-15(16(13)17)14-8-5-4-7-12(14)3;1-10(2)12-7-4-8-13(14(12)16)15-11(3)6-5-9-17-15;1-7(2)8-5-4-6-9(12-3)10(8)11;1-6(2)7-4-3-5-8(13-7)9(10,11)12;1-7(2)9-6-4-5-8(3)10-9;1-5(2)7-4-10-6(3)8(9)11-7;1-6(2)7-4-3-5-8-9-7/h4-8H,1-3H3;4-9H,1-3H3;4-10H,1-3H3;4-11H,1-3H3;4-10H,1-3H3;4-7H,1-3H3;3-6H,1-2H3;4-7H,1-3H3;4-5H,1-3H3;3-6H,1-2H3. The first-order chi connectivity index (χ1) is 68.7. The molecule has 0 aliphatic heterocycles. The quantitative estimate of drug-likeness (QED) is 0.0882. The van der Waals surface area contributed by atoms with Crippen LogP contribution in [0.1, 0.15) is 299 Å². The van der Waals surface area contributed by atoms with E-state index in [1.807, 2.05) is 202 Å². The summed E-state index contributed by atoms with van der Waals surface area (Å²) in [4.78, 5) is 20.7. The molecular weight excluding hydrogens is 1940 g/mol. The number of ether oxygens (including phenoxy) is 1. The highest BCUT2D eigenvalue weighted by atomic mass is 79.9. The summed E-state index contributed by atoms with van der Waals surface area (Å²) >= 11 is 3.34. The molecule has 0 saturated heterocycles. The number of aromatic nitrogens is 7. The van der Waals surface area contributed by atoms with E-state index in [9.17, 15) is 65.9 Å². The van der Waals surface area contributed by atoms with Crippen LogP contribution in [0.3, 0.4) is 0 Å². The van der Waals surface area contributed by atoms with Crippen molar-refractivity contribution in [1.29, 1.82) is 0 Å². The van der Waals surface area contributed by atoms with Gasteiger partial charge in [-0.1, -0.05) is 278 Å². The summed E-state index contributed by atoms with van der Waals surface area (Å²) in [7, 11) is 1.47. The Balaban J connectivity index is 0.000000250. The van der Waals surface area contributed by atoms with Crippen molar-refractivity contribution in [3.63, 3.8) is 0 Å². The number of pyridine rings is 3. The number of rotatable bonds is 16. The lowest BCUT2D eigenvalue weighted by molar-refractivity contribution is -0.141. The van der Waals surface area contributed by atoms with Crippen molar-refractivity contribution in [2.75, 3.05) is 7.11 Å². The van der Waals surface area contributed by atoms with Crippen LogP contribution in [0.25, 0.3) is 55.8 Å². The van der Waals surface area contributed by atoms with E-state index in [0.717, 1.165) is 90.7 Å². The predicted molar refractivity (Wildman–Crippen MR) is 569 cm³/mol. The van der Waals surface area contributed by atoms with Crippen LogP contribution in [0.5, 0.6) is 5.75 Å². The SMILES string of the molecule is CC(C)c1cccc(C(F)(F)F)n1.CC(C)c1cccnn1.COc1cccc(C(C)C)c1F.Cc1cc(F)cc(F)c1-c1c(F)ccc(C(C)C)c1F.Cc1cc(F)cc(F)c1-c1cccc(C(C)C)c1F.Cc1cccc(C(C)C)n1.Cc1cccc(F)c1-c1cccc(C(C)C)c1F.Cc1ccccc1-c1cccc(C(C)C)c1F.Cc1cccnc1-c1cccc(C(C)C)c1F.Cc1ncc(C(C)C)nc1Br. The second-order valence-electron chi connectivity index (χ2n) is 38.1. The van der Waals surface area contributed by atoms with Crippen molar-refractivity contribution in [2.45, 2.75) is 252 Å². The van der Waals surface area contributed by atoms with E-state index in [4.69, 9.17) is 4.74 Å². The molecule has 15 rings (SSSR count). The third-order valence-corrected chi connectivity index (χ3v) is 24.0. The lowest BCUT2D eigenvalue weighted by Gasteiger charge is -2.14. The summed E-state index contributed by atoms with van der Waals surface area (Å²) in [5, 5.41) is 7.68. The number of halogens is 16. The van der Waals surface area contributed by atoms with Crippen LogP contribution in [-0.4, -0.2) is 42.2 Å². The average molecular weight is 2080 g/mol. The molecule has 24 heteroatoms. The van der Waals surface area contributed by atoms with E-state index in [1.54, 1.807) is 113 Å². The molecule has 5 heterocycles. The van der Waals surface area contributed by atoms with Gasteiger partial charge in [-0.25, -0.2) is 62.7 Å². The highest BCUT2D eigenvalue weighted by molar-refractivity contribution is 9.10. The normalized spacial score (nSPS) is 10.9. The van der Waals surface area contributed by atoms with E-state index < -0.39 is 58.2 Å². The Labute approximate surface area is 861 Å². The Hall–Kier alpha value is -13.0. The first kappa shape index (κ1) is 122. The van der Waals surface area contributed by atoms with Crippen LogP contribution in [0.4, 0.5) is 65.9 Å². The van der Waals surface area contributed by atoms with Gasteiger partial charge >= 0.3 is 6.18 Å². The predicted octanol–water partition coefficient (Wildman–Crippen LogP) is 37.8.